The van der Waals surface area contributed by atoms with Crippen LogP contribution in [-0.2, 0) is 33.7 Å². The number of carbonyl (C=O) groups excluding carboxylic acids is 2. The monoisotopic (exact) mass is 617 g/mol. The molecule has 0 bridgehead atoms. The van der Waals surface area contributed by atoms with Crippen molar-refractivity contribution in [2.24, 2.45) is 5.92 Å². The molecule has 1 aromatic carbocycles. The quantitative estimate of drug-likeness (QED) is 0.303. The van der Waals surface area contributed by atoms with Gasteiger partial charge in [0.05, 0.1) is 31.5 Å². The van der Waals surface area contributed by atoms with Crippen molar-refractivity contribution in [2.75, 3.05) is 38.2 Å². The highest BCUT2D eigenvalue weighted by Gasteiger charge is 2.30. The molecule has 0 aliphatic carbocycles. The topological polar surface area (TPSA) is 110 Å². The van der Waals surface area contributed by atoms with Gasteiger partial charge in [-0.15, -0.1) is 0 Å². The Morgan fingerprint density at radius 2 is 1.93 bits per heavy atom. The fourth-order valence-electron chi connectivity index (χ4n) is 6.45. The van der Waals surface area contributed by atoms with Crippen molar-refractivity contribution in [3.05, 3.63) is 70.7 Å². The van der Waals surface area contributed by atoms with E-state index in [4.69, 9.17) is 14.5 Å². The summed E-state index contributed by atoms with van der Waals surface area (Å²) in [6, 6.07) is 14.2. The number of likely N-dealkylation sites (tertiary alicyclic amines) is 1. The Balaban J connectivity index is 1.22. The number of nitrogens with zero attached hydrogens (tertiary/aromatic N) is 5. The number of aromatic nitrogens is 3. The fraction of sp³-hybridized carbons (Fsp3) is 0.543. The number of hydrogen-bond acceptors (Lipinski definition) is 8. The number of aliphatic hydroxyl groups excluding tert-OH is 1. The smallest absolute Gasteiger partial charge is 0.416 e. The molecule has 45 heavy (non-hydrogen) atoms. The van der Waals surface area contributed by atoms with E-state index >= 15 is 0 Å². The largest absolute Gasteiger partial charge is 0.469 e. The molecule has 10 nitrogen and oxygen atoms in total. The van der Waals surface area contributed by atoms with Crippen LogP contribution in [0.1, 0.15) is 80.6 Å². The van der Waals surface area contributed by atoms with Gasteiger partial charge in [0.15, 0.2) is 0 Å². The first-order valence-electron chi connectivity index (χ1n) is 16.1. The lowest BCUT2D eigenvalue weighted by molar-refractivity contribution is -0.141. The third-order valence-electron chi connectivity index (χ3n) is 8.70. The minimum Gasteiger partial charge on any atom is -0.469 e. The summed E-state index contributed by atoms with van der Waals surface area (Å²) in [6.45, 7) is 10.8. The molecule has 1 amide bonds. The first kappa shape index (κ1) is 32.6. The Morgan fingerprint density at radius 1 is 1.11 bits per heavy atom. The zero-order valence-corrected chi connectivity index (χ0v) is 27.3. The summed E-state index contributed by atoms with van der Waals surface area (Å²) < 4.78 is 12.6. The summed E-state index contributed by atoms with van der Waals surface area (Å²) in [5, 5.41) is 14.1. The maximum absolute atomic E-state index is 12.9. The van der Waals surface area contributed by atoms with E-state index in [0.717, 1.165) is 85.8 Å². The van der Waals surface area contributed by atoms with Gasteiger partial charge in [-0.05, 0) is 108 Å². The Bertz CT molecular complexity index is 1500. The number of methoxy groups -OCH3 is 1. The van der Waals surface area contributed by atoms with Gasteiger partial charge in [0.2, 0.25) is 0 Å². The highest BCUT2D eigenvalue weighted by Crippen LogP contribution is 2.30. The van der Waals surface area contributed by atoms with Crippen LogP contribution in [0.5, 0.6) is 0 Å². The highest BCUT2D eigenvalue weighted by atomic mass is 16.6. The van der Waals surface area contributed by atoms with Crippen LogP contribution in [0.4, 0.5) is 10.6 Å². The van der Waals surface area contributed by atoms with Crippen LogP contribution in [-0.4, -0.2) is 75.7 Å². The van der Waals surface area contributed by atoms with Gasteiger partial charge in [-0.25, -0.2) is 14.5 Å². The molecule has 0 saturated carbocycles. The summed E-state index contributed by atoms with van der Waals surface area (Å²) >= 11 is 0. The van der Waals surface area contributed by atoms with E-state index < -0.39 is 5.60 Å². The molecule has 242 valence electrons. The molecule has 1 fully saturated rings. The molecule has 0 unspecified atom stereocenters. The number of aryl methyl sites for hydroxylation is 3. The molecule has 2 atom stereocenters. The molecular weight excluding hydrogens is 570 g/mol. The average molecular weight is 618 g/mol. The number of pyridine rings is 1. The number of ether oxygens (including phenoxy) is 2. The van der Waals surface area contributed by atoms with E-state index in [-0.39, 0.29) is 24.6 Å². The van der Waals surface area contributed by atoms with Crippen LogP contribution in [0, 0.1) is 12.8 Å². The van der Waals surface area contributed by atoms with Gasteiger partial charge >= 0.3 is 12.1 Å². The van der Waals surface area contributed by atoms with Crippen LogP contribution in [0.15, 0.2) is 42.5 Å². The van der Waals surface area contributed by atoms with E-state index in [0.29, 0.717) is 24.6 Å². The van der Waals surface area contributed by atoms with Gasteiger partial charge in [-0.2, -0.15) is 5.10 Å². The van der Waals surface area contributed by atoms with Crippen molar-refractivity contribution in [2.45, 2.75) is 84.3 Å². The summed E-state index contributed by atoms with van der Waals surface area (Å²) in [6.07, 6.45) is 4.74. The first-order valence-corrected chi connectivity index (χ1v) is 16.1. The van der Waals surface area contributed by atoms with Gasteiger partial charge in [0.25, 0.3) is 0 Å². The first-order chi connectivity index (χ1) is 21.5. The molecule has 0 spiro atoms. The molecule has 5 rings (SSSR count). The average Bonchev–Trinajstić information content (AvgIpc) is 3.64. The molecule has 2 aliphatic heterocycles. The summed E-state index contributed by atoms with van der Waals surface area (Å²) in [5.74, 6) is 1.02. The molecule has 2 aliphatic rings. The number of anilines is 1. The van der Waals surface area contributed by atoms with E-state index in [1.54, 1.807) is 4.90 Å². The van der Waals surface area contributed by atoms with Gasteiger partial charge in [-0.3, -0.25) is 9.69 Å². The number of carbonyl (C=O) groups is 2. The lowest BCUT2D eigenvalue weighted by atomic mass is 9.94. The molecule has 1 saturated heterocycles. The van der Waals surface area contributed by atoms with Gasteiger partial charge in [0.1, 0.15) is 11.4 Å². The fourth-order valence-corrected chi connectivity index (χ4v) is 6.45. The number of esters is 1. The predicted octanol–water partition coefficient (Wildman–Crippen LogP) is 5.36. The van der Waals surface area contributed by atoms with E-state index in [1.165, 1.54) is 7.11 Å². The highest BCUT2D eigenvalue weighted by molar-refractivity contribution is 5.88. The van der Waals surface area contributed by atoms with E-state index in [9.17, 15) is 14.7 Å². The molecule has 4 heterocycles. The van der Waals surface area contributed by atoms with Crippen molar-refractivity contribution in [1.29, 1.82) is 0 Å². The number of aliphatic hydroxyl groups is 1. The van der Waals surface area contributed by atoms with Crippen molar-refractivity contribution in [3.63, 3.8) is 0 Å². The second-order valence-electron chi connectivity index (χ2n) is 13.4. The van der Waals surface area contributed by atoms with Crippen molar-refractivity contribution in [3.8, 4) is 5.69 Å². The second-order valence-corrected chi connectivity index (χ2v) is 13.4. The maximum atomic E-state index is 12.9. The van der Waals surface area contributed by atoms with Crippen LogP contribution in [0.3, 0.4) is 0 Å². The van der Waals surface area contributed by atoms with Crippen LogP contribution in [0.25, 0.3) is 5.69 Å². The summed E-state index contributed by atoms with van der Waals surface area (Å²) in [4.78, 5) is 34.5. The number of amides is 1. The minimum absolute atomic E-state index is 0.0227. The molecule has 3 aromatic rings. The lowest BCUT2D eigenvalue weighted by Gasteiger charge is -2.31. The molecule has 1 N–H and O–H groups in total. The van der Waals surface area contributed by atoms with Crippen LogP contribution >= 0.6 is 0 Å². The van der Waals surface area contributed by atoms with Crippen molar-refractivity contribution in [1.82, 2.24) is 19.7 Å². The molecular formula is C35H47N5O5. The molecule has 0 radical (unpaired) electrons. The minimum atomic E-state index is -0.553. The van der Waals surface area contributed by atoms with E-state index in [1.807, 2.05) is 50.6 Å². The molecule has 2 aromatic heterocycles. The molecule has 10 heteroatoms. The predicted molar refractivity (Wildman–Crippen MR) is 173 cm³/mol. The van der Waals surface area contributed by atoms with Gasteiger partial charge in [-0.1, -0.05) is 18.2 Å². The Labute approximate surface area is 266 Å². The third-order valence-corrected chi connectivity index (χ3v) is 8.70. The standard InChI is InChI=1S/C35H47N5O5/c1-24-18-30(23-41)37-40(24)31-10-6-8-27(19-31)28(20-32(42)44-5)22-38-17-15-25(21-38)11-13-29-14-12-26-9-7-16-39(33(26)36-29)34(43)45-35(2,3)4/h6,8,10,12,14,18-19,25,28,41H,7,9,11,13,15-17,20-23H2,1-5H3/t25-,28+/m1/s1. The lowest BCUT2D eigenvalue weighted by Crippen LogP contribution is -2.40. The van der Waals surface area contributed by atoms with Gasteiger partial charge in [0, 0.05) is 36.9 Å². The number of benzene rings is 1. The van der Waals surface area contributed by atoms with Gasteiger partial charge < -0.3 is 19.5 Å². The maximum Gasteiger partial charge on any atom is 0.416 e. The summed E-state index contributed by atoms with van der Waals surface area (Å²) in [7, 11) is 1.44. The van der Waals surface area contributed by atoms with E-state index in [2.05, 4.69) is 34.3 Å². The Kier molecular flexibility index (Phi) is 10.2. The van der Waals surface area contributed by atoms with Crippen LogP contribution in [0.2, 0.25) is 0 Å². The zero-order chi connectivity index (χ0) is 32.1. The zero-order valence-electron chi connectivity index (χ0n) is 27.3. The van der Waals surface area contributed by atoms with Crippen molar-refractivity contribution >= 4 is 17.9 Å². The summed E-state index contributed by atoms with van der Waals surface area (Å²) in [5.41, 5.74) is 5.08. The third kappa shape index (κ3) is 8.29. The van der Waals surface area contributed by atoms with Crippen molar-refractivity contribution < 1.29 is 24.2 Å². The SMILES string of the molecule is COC(=O)C[C@@H](CN1CC[C@@H](CCc2ccc3c(n2)N(C(=O)OC(C)(C)C)CCC3)C1)c1cccc(-n2nc(CO)cc2C)c1. The Hall–Kier alpha value is -3.76. The number of rotatable bonds is 10. The number of fused-ring (bicyclic) bond motifs is 1. The number of hydrogen-bond donors (Lipinski definition) is 1. The normalized spacial score (nSPS) is 17.6. The second kappa shape index (κ2) is 14.1. The van der Waals surface area contributed by atoms with Crippen LogP contribution < -0.4 is 4.90 Å². The Morgan fingerprint density at radius 3 is 2.67 bits per heavy atom.